The lowest BCUT2D eigenvalue weighted by Gasteiger charge is -2.33. The molecule has 1 fully saturated rings. The summed E-state index contributed by atoms with van der Waals surface area (Å²) in [7, 11) is 0. The molecule has 3 rings (SSSR count). The van der Waals surface area contributed by atoms with Crippen molar-refractivity contribution in [3.63, 3.8) is 0 Å². The molecule has 1 heterocycles. The summed E-state index contributed by atoms with van der Waals surface area (Å²) in [4.78, 5) is 2.30. The fraction of sp³-hybridized carbons (Fsp3) is 0.429. The molecule has 0 spiro atoms. The van der Waals surface area contributed by atoms with Gasteiger partial charge in [-0.05, 0) is 55.6 Å². The van der Waals surface area contributed by atoms with Crippen LogP contribution in [0.5, 0.6) is 0 Å². The second-order valence-electron chi connectivity index (χ2n) is 7.03. The van der Waals surface area contributed by atoms with Crippen LogP contribution in [0.25, 0.3) is 0 Å². The highest BCUT2D eigenvalue weighted by Crippen LogP contribution is 2.35. The molecule has 1 unspecified atom stereocenters. The van der Waals surface area contributed by atoms with E-state index in [9.17, 15) is 13.2 Å². The summed E-state index contributed by atoms with van der Waals surface area (Å²) in [5.74, 6) is 0. The van der Waals surface area contributed by atoms with E-state index in [1.807, 2.05) is 26.0 Å². The molecule has 1 saturated heterocycles. The van der Waals surface area contributed by atoms with Crippen LogP contribution in [-0.2, 0) is 6.18 Å². The molecule has 2 aromatic carbocycles. The number of alkyl halides is 3. The maximum Gasteiger partial charge on any atom is 0.416 e. The van der Waals surface area contributed by atoms with E-state index in [4.69, 9.17) is 0 Å². The number of nitrogens with zero attached hydrogens (tertiary/aromatic N) is 1. The van der Waals surface area contributed by atoms with Gasteiger partial charge in [-0.15, -0.1) is 0 Å². The molecule has 1 atom stereocenters. The number of rotatable bonds is 3. The Balaban J connectivity index is 2.08. The van der Waals surface area contributed by atoms with E-state index in [2.05, 4.69) is 22.3 Å². The summed E-state index contributed by atoms with van der Waals surface area (Å²) in [6.07, 6.45) is -3.34. The van der Waals surface area contributed by atoms with Crippen LogP contribution in [0.4, 0.5) is 13.2 Å². The molecule has 5 heteroatoms. The Hall–Kier alpha value is -1.85. The third-order valence-corrected chi connectivity index (χ3v) is 4.99. The summed E-state index contributed by atoms with van der Waals surface area (Å²) in [5.41, 5.74) is 3.47. The fourth-order valence-corrected chi connectivity index (χ4v) is 3.73. The fourth-order valence-electron chi connectivity index (χ4n) is 3.73. The van der Waals surface area contributed by atoms with Crippen molar-refractivity contribution in [2.45, 2.75) is 32.5 Å². The summed E-state index contributed by atoms with van der Waals surface area (Å²) in [6, 6.07) is 11.8. The minimum Gasteiger partial charge on any atom is -0.315 e. The van der Waals surface area contributed by atoms with Crippen molar-refractivity contribution in [1.29, 1.82) is 0 Å². The van der Waals surface area contributed by atoms with Crippen LogP contribution >= 0.6 is 0 Å². The largest absolute Gasteiger partial charge is 0.416 e. The van der Waals surface area contributed by atoms with Crippen LogP contribution in [0.15, 0.2) is 42.5 Å². The van der Waals surface area contributed by atoms with Crippen LogP contribution in [0.2, 0.25) is 0 Å². The van der Waals surface area contributed by atoms with Gasteiger partial charge in [-0.2, -0.15) is 13.2 Å². The first-order valence-electron chi connectivity index (χ1n) is 9.05. The third-order valence-electron chi connectivity index (χ3n) is 4.99. The molecule has 26 heavy (non-hydrogen) atoms. The van der Waals surface area contributed by atoms with Gasteiger partial charge in [0.05, 0.1) is 11.6 Å². The number of halogens is 3. The summed E-state index contributed by atoms with van der Waals surface area (Å²) < 4.78 is 39.7. The molecular formula is C21H25F3N2. The molecule has 0 amide bonds. The summed E-state index contributed by atoms with van der Waals surface area (Å²) in [6.45, 7) is 7.54. The van der Waals surface area contributed by atoms with Crippen LogP contribution in [0.3, 0.4) is 0 Å². The monoisotopic (exact) mass is 362 g/mol. The second-order valence-corrected chi connectivity index (χ2v) is 7.03. The van der Waals surface area contributed by atoms with Gasteiger partial charge in [0.25, 0.3) is 0 Å². The van der Waals surface area contributed by atoms with Crippen LogP contribution in [0.1, 0.15) is 40.3 Å². The Bertz CT molecular complexity index is 747. The average Bonchev–Trinajstić information content (AvgIpc) is 2.86. The van der Waals surface area contributed by atoms with E-state index in [-0.39, 0.29) is 6.04 Å². The standard InChI is InChI=1S/C21H25F3N2/c1-15-7-8-19(16(2)13-15)20(26-11-4-9-25-10-12-26)17-5-3-6-18(14-17)21(22,23)24/h3,5-8,13-14,20,25H,4,9-12H2,1-2H3. The average molecular weight is 362 g/mol. The smallest absolute Gasteiger partial charge is 0.315 e. The highest BCUT2D eigenvalue weighted by Gasteiger charge is 2.32. The van der Waals surface area contributed by atoms with Crippen molar-refractivity contribution < 1.29 is 13.2 Å². The van der Waals surface area contributed by atoms with Gasteiger partial charge >= 0.3 is 6.18 Å². The van der Waals surface area contributed by atoms with Crippen molar-refractivity contribution in [3.8, 4) is 0 Å². The molecule has 2 aromatic rings. The highest BCUT2D eigenvalue weighted by atomic mass is 19.4. The van der Waals surface area contributed by atoms with E-state index in [0.717, 1.165) is 55.4 Å². The van der Waals surface area contributed by atoms with Crippen LogP contribution in [-0.4, -0.2) is 31.1 Å². The quantitative estimate of drug-likeness (QED) is 0.851. The van der Waals surface area contributed by atoms with Gasteiger partial charge < -0.3 is 5.32 Å². The topological polar surface area (TPSA) is 15.3 Å². The summed E-state index contributed by atoms with van der Waals surface area (Å²) >= 11 is 0. The normalized spacial score (nSPS) is 17.7. The van der Waals surface area contributed by atoms with Gasteiger partial charge in [-0.1, -0.05) is 35.9 Å². The molecule has 2 nitrogen and oxygen atoms in total. The zero-order chi connectivity index (χ0) is 18.7. The number of hydrogen-bond donors (Lipinski definition) is 1. The Labute approximate surface area is 153 Å². The molecular weight excluding hydrogens is 337 g/mol. The molecule has 1 N–H and O–H groups in total. The van der Waals surface area contributed by atoms with E-state index in [1.165, 1.54) is 12.1 Å². The van der Waals surface area contributed by atoms with Gasteiger partial charge in [-0.25, -0.2) is 0 Å². The first kappa shape index (κ1) is 18.9. The van der Waals surface area contributed by atoms with Gasteiger partial charge in [0.1, 0.15) is 0 Å². The predicted octanol–water partition coefficient (Wildman–Crippen LogP) is 4.71. The highest BCUT2D eigenvalue weighted by molar-refractivity contribution is 5.40. The van der Waals surface area contributed by atoms with Gasteiger partial charge in [0.2, 0.25) is 0 Å². The predicted molar refractivity (Wildman–Crippen MR) is 98.3 cm³/mol. The third kappa shape index (κ3) is 4.27. The van der Waals surface area contributed by atoms with Crippen molar-refractivity contribution in [2.24, 2.45) is 0 Å². The molecule has 0 saturated carbocycles. The summed E-state index contributed by atoms with van der Waals surface area (Å²) in [5, 5.41) is 3.37. The minimum atomic E-state index is -4.33. The lowest BCUT2D eigenvalue weighted by molar-refractivity contribution is -0.137. The second kappa shape index (κ2) is 7.80. The van der Waals surface area contributed by atoms with E-state index in [0.29, 0.717) is 5.56 Å². The lowest BCUT2D eigenvalue weighted by Crippen LogP contribution is -2.33. The van der Waals surface area contributed by atoms with Crippen molar-refractivity contribution >= 4 is 0 Å². The van der Waals surface area contributed by atoms with Crippen LogP contribution in [0, 0.1) is 13.8 Å². The molecule has 0 bridgehead atoms. The molecule has 0 aromatic heterocycles. The van der Waals surface area contributed by atoms with Gasteiger partial charge in [0, 0.05) is 19.6 Å². The SMILES string of the molecule is Cc1ccc(C(c2cccc(C(F)(F)F)c2)N2CCCNCC2)c(C)c1. The van der Waals surface area contributed by atoms with Gasteiger partial charge in [-0.3, -0.25) is 4.90 Å². The first-order chi connectivity index (χ1) is 12.4. The minimum absolute atomic E-state index is 0.169. The zero-order valence-electron chi connectivity index (χ0n) is 15.2. The Kier molecular flexibility index (Phi) is 5.68. The van der Waals surface area contributed by atoms with Crippen LogP contribution < -0.4 is 5.32 Å². The van der Waals surface area contributed by atoms with E-state index in [1.54, 1.807) is 0 Å². The Morgan fingerprint density at radius 2 is 1.81 bits per heavy atom. The maximum absolute atomic E-state index is 13.2. The molecule has 140 valence electrons. The number of hydrogen-bond acceptors (Lipinski definition) is 2. The Morgan fingerprint density at radius 3 is 2.54 bits per heavy atom. The zero-order valence-corrected chi connectivity index (χ0v) is 15.2. The van der Waals surface area contributed by atoms with E-state index >= 15 is 0 Å². The molecule has 1 aliphatic rings. The molecule has 0 radical (unpaired) electrons. The number of nitrogens with one attached hydrogen (secondary N) is 1. The van der Waals surface area contributed by atoms with Crippen molar-refractivity contribution in [3.05, 3.63) is 70.3 Å². The number of benzene rings is 2. The first-order valence-corrected chi connectivity index (χ1v) is 9.05. The number of aryl methyl sites for hydroxylation is 2. The van der Waals surface area contributed by atoms with Crippen molar-refractivity contribution in [1.82, 2.24) is 10.2 Å². The van der Waals surface area contributed by atoms with Crippen molar-refractivity contribution in [2.75, 3.05) is 26.2 Å². The van der Waals surface area contributed by atoms with E-state index < -0.39 is 11.7 Å². The molecule has 1 aliphatic heterocycles. The lowest BCUT2D eigenvalue weighted by atomic mass is 9.91. The maximum atomic E-state index is 13.2. The molecule has 0 aliphatic carbocycles. The van der Waals surface area contributed by atoms with Gasteiger partial charge in [0.15, 0.2) is 0 Å². The Morgan fingerprint density at radius 1 is 1.00 bits per heavy atom.